The first kappa shape index (κ1) is 13.1. The summed E-state index contributed by atoms with van der Waals surface area (Å²) in [6.07, 6.45) is 9.40. The Morgan fingerprint density at radius 2 is 2.13 bits per heavy atom. The average Bonchev–Trinajstić information content (AvgIpc) is 3.30. The minimum atomic E-state index is 0.213. The number of hydrogen-bond acceptors (Lipinski definition) is 3. The Morgan fingerprint density at radius 3 is 3.00 bits per heavy atom. The zero-order chi connectivity index (χ0) is 15.2. The van der Waals surface area contributed by atoms with E-state index in [2.05, 4.69) is 11.0 Å². The number of piperidine rings is 1. The summed E-state index contributed by atoms with van der Waals surface area (Å²) in [6, 6.07) is 4.75. The van der Waals surface area contributed by atoms with E-state index in [1.807, 2.05) is 6.07 Å². The maximum Gasteiger partial charge on any atom is 0.165 e. The van der Waals surface area contributed by atoms with Gasteiger partial charge in [-0.2, -0.15) is 0 Å². The predicted molar refractivity (Wildman–Crippen MR) is 87.9 cm³/mol. The molecule has 122 valence electrons. The van der Waals surface area contributed by atoms with Crippen LogP contribution in [0.3, 0.4) is 0 Å². The fourth-order valence-corrected chi connectivity index (χ4v) is 6.45. The topological polar surface area (TPSA) is 32.7 Å². The molecule has 1 N–H and O–H groups in total. The van der Waals surface area contributed by atoms with E-state index in [0.717, 1.165) is 24.0 Å². The standard InChI is InChI=1S/C20H25NO2/c22-16-7-6-13-10-15-14-2-1-3-17-20(14,18(13)19(16)23-17)8-9-21(15)11-12-4-5-12/h6-7,12,14-15,17,22H,1-5,8-11H2/t14-,15+,17-,20+/m0/s1. The van der Waals surface area contributed by atoms with Crippen LogP contribution in [0.15, 0.2) is 12.1 Å². The maximum absolute atomic E-state index is 10.4. The third-order valence-corrected chi connectivity index (χ3v) is 7.53. The lowest BCUT2D eigenvalue weighted by Crippen LogP contribution is -2.64. The SMILES string of the molecule is Oc1ccc2c3c1O[C@H]1CCC[C@H]4[C@@H](C2)N(CC2CC2)CC[C@]314. The summed E-state index contributed by atoms with van der Waals surface area (Å²) in [5, 5.41) is 10.4. The Morgan fingerprint density at radius 1 is 1.22 bits per heavy atom. The molecule has 2 aliphatic heterocycles. The van der Waals surface area contributed by atoms with Gasteiger partial charge in [0.1, 0.15) is 6.10 Å². The van der Waals surface area contributed by atoms with Crippen molar-refractivity contribution in [2.45, 2.75) is 62.5 Å². The summed E-state index contributed by atoms with van der Waals surface area (Å²) >= 11 is 0. The zero-order valence-electron chi connectivity index (χ0n) is 13.6. The van der Waals surface area contributed by atoms with Gasteiger partial charge < -0.3 is 9.84 Å². The molecule has 1 aromatic rings. The fraction of sp³-hybridized carbons (Fsp3) is 0.700. The molecule has 0 unspecified atom stereocenters. The zero-order valence-corrected chi connectivity index (χ0v) is 13.6. The highest BCUT2D eigenvalue weighted by atomic mass is 16.5. The van der Waals surface area contributed by atoms with Gasteiger partial charge in [-0.15, -0.1) is 0 Å². The van der Waals surface area contributed by atoms with Crippen LogP contribution in [-0.2, 0) is 11.8 Å². The maximum atomic E-state index is 10.4. The van der Waals surface area contributed by atoms with E-state index in [0.29, 0.717) is 17.9 Å². The van der Waals surface area contributed by atoms with Crippen molar-refractivity contribution in [3.63, 3.8) is 0 Å². The Bertz CT molecular complexity index is 682. The van der Waals surface area contributed by atoms with Crippen LogP contribution in [0.25, 0.3) is 0 Å². The fourth-order valence-electron chi connectivity index (χ4n) is 6.45. The Kier molecular flexibility index (Phi) is 2.42. The summed E-state index contributed by atoms with van der Waals surface area (Å²) in [6.45, 7) is 2.55. The Hall–Kier alpha value is -1.22. The largest absolute Gasteiger partial charge is 0.504 e. The number of rotatable bonds is 2. The van der Waals surface area contributed by atoms with Crippen LogP contribution < -0.4 is 4.74 Å². The summed E-state index contributed by atoms with van der Waals surface area (Å²) in [7, 11) is 0. The van der Waals surface area contributed by atoms with Gasteiger partial charge in [-0.05, 0) is 75.0 Å². The molecule has 4 atom stereocenters. The van der Waals surface area contributed by atoms with Crippen molar-refractivity contribution in [3.05, 3.63) is 23.3 Å². The second-order valence-electron chi connectivity index (χ2n) is 8.59. The summed E-state index contributed by atoms with van der Waals surface area (Å²) in [4.78, 5) is 2.82. The van der Waals surface area contributed by atoms with Gasteiger partial charge in [0.2, 0.25) is 0 Å². The highest BCUT2D eigenvalue weighted by Crippen LogP contribution is 2.63. The number of hydrogen-bond donors (Lipinski definition) is 1. The van der Waals surface area contributed by atoms with Crippen LogP contribution in [0.1, 0.15) is 49.7 Å². The van der Waals surface area contributed by atoms with Crippen LogP contribution in [0.2, 0.25) is 0 Å². The van der Waals surface area contributed by atoms with Gasteiger partial charge in [0, 0.05) is 23.6 Å². The second kappa shape index (κ2) is 4.24. The summed E-state index contributed by atoms with van der Waals surface area (Å²) < 4.78 is 6.37. The van der Waals surface area contributed by atoms with Crippen LogP contribution in [0.4, 0.5) is 0 Å². The molecule has 1 saturated heterocycles. The second-order valence-corrected chi connectivity index (χ2v) is 8.59. The van der Waals surface area contributed by atoms with Crippen LogP contribution in [0.5, 0.6) is 11.5 Å². The first-order valence-electron chi connectivity index (χ1n) is 9.53. The van der Waals surface area contributed by atoms with E-state index in [1.165, 1.54) is 62.7 Å². The average molecular weight is 311 g/mol. The van der Waals surface area contributed by atoms with Crippen molar-refractivity contribution >= 4 is 0 Å². The minimum absolute atomic E-state index is 0.213. The van der Waals surface area contributed by atoms with E-state index in [9.17, 15) is 5.11 Å². The molecule has 2 saturated carbocycles. The Balaban J connectivity index is 1.52. The summed E-state index contributed by atoms with van der Waals surface area (Å²) in [5.74, 6) is 2.92. The molecule has 6 rings (SSSR count). The predicted octanol–water partition coefficient (Wildman–Crippen LogP) is 3.23. The van der Waals surface area contributed by atoms with Gasteiger partial charge in [0.25, 0.3) is 0 Å². The number of benzene rings is 1. The molecule has 3 aliphatic carbocycles. The first-order chi connectivity index (χ1) is 11.3. The van der Waals surface area contributed by atoms with Crippen LogP contribution >= 0.6 is 0 Å². The molecule has 1 spiro atoms. The molecule has 5 aliphatic rings. The quantitative estimate of drug-likeness (QED) is 0.910. The molecule has 0 aromatic heterocycles. The molecule has 3 nitrogen and oxygen atoms in total. The lowest BCUT2D eigenvalue weighted by Gasteiger charge is -2.58. The molecular formula is C20H25NO2. The Labute approximate surface area is 137 Å². The van der Waals surface area contributed by atoms with Gasteiger partial charge in [-0.25, -0.2) is 0 Å². The van der Waals surface area contributed by atoms with E-state index < -0.39 is 0 Å². The highest BCUT2D eigenvalue weighted by molar-refractivity contribution is 5.60. The van der Waals surface area contributed by atoms with Crippen molar-refractivity contribution in [2.24, 2.45) is 11.8 Å². The first-order valence-corrected chi connectivity index (χ1v) is 9.53. The molecule has 23 heavy (non-hydrogen) atoms. The number of likely N-dealkylation sites (tertiary alicyclic amines) is 1. The number of ether oxygens (including phenoxy) is 1. The number of aromatic hydroxyl groups is 1. The van der Waals surface area contributed by atoms with Crippen molar-refractivity contribution in [2.75, 3.05) is 13.1 Å². The van der Waals surface area contributed by atoms with Gasteiger partial charge in [-0.3, -0.25) is 4.90 Å². The number of phenols is 1. The summed E-state index contributed by atoms with van der Waals surface area (Å²) in [5.41, 5.74) is 3.09. The molecule has 3 heteroatoms. The van der Waals surface area contributed by atoms with E-state index in [1.54, 1.807) is 0 Å². The molecule has 3 fully saturated rings. The molecule has 2 bridgehead atoms. The van der Waals surface area contributed by atoms with Crippen molar-refractivity contribution in [1.29, 1.82) is 0 Å². The normalized spacial score (nSPS) is 40.6. The van der Waals surface area contributed by atoms with Crippen LogP contribution in [0, 0.1) is 11.8 Å². The van der Waals surface area contributed by atoms with Gasteiger partial charge in [0.05, 0.1) is 0 Å². The van der Waals surface area contributed by atoms with Crippen LogP contribution in [-0.4, -0.2) is 35.2 Å². The molecular weight excluding hydrogens is 286 g/mol. The van der Waals surface area contributed by atoms with Crippen molar-refractivity contribution in [3.8, 4) is 11.5 Å². The molecule has 0 radical (unpaired) electrons. The lowest BCUT2D eigenvalue weighted by molar-refractivity contribution is -0.0529. The van der Waals surface area contributed by atoms with E-state index >= 15 is 0 Å². The van der Waals surface area contributed by atoms with E-state index in [-0.39, 0.29) is 5.41 Å². The minimum Gasteiger partial charge on any atom is -0.504 e. The molecule has 2 heterocycles. The van der Waals surface area contributed by atoms with Crippen molar-refractivity contribution in [1.82, 2.24) is 4.90 Å². The molecule has 0 amide bonds. The van der Waals surface area contributed by atoms with Gasteiger partial charge >= 0.3 is 0 Å². The van der Waals surface area contributed by atoms with Crippen molar-refractivity contribution < 1.29 is 9.84 Å². The lowest BCUT2D eigenvalue weighted by atomic mass is 9.52. The molecule has 1 aromatic carbocycles. The monoisotopic (exact) mass is 311 g/mol. The van der Waals surface area contributed by atoms with Gasteiger partial charge in [-0.1, -0.05) is 6.07 Å². The number of phenolic OH excluding ortho intramolecular Hbond substituents is 1. The third kappa shape index (κ3) is 1.55. The third-order valence-electron chi connectivity index (χ3n) is 7.53. The number of nitrogens with zero attached hydrogens (tertiary/aromatic N) is 1. The smallest absolute Gasteiger partial charge is 0.165 e. The van der Waals surface area contributed by atoms with E-state index in [4.69, 9.17) is 4.74 Å². The highest BCUT2D eigenvalue weighted by Gasteiger charge is 2.63. The van der Waals surface area contributed by atoms with Gasteiger partial charge in [0.15, 0.2) is 11.5 Å².